The molecule has 1 aromatic carbocycles. The number of allylic oxidation sites excluding steroid dienone is 1. The maximum atomic E-state index is 12.9. The van der Waals surface area contributed by atoms with Crippen molar-refractivity contribution in [2.45, 2.75) is 30.0 Å². The summed E-state index contributed by atoms with van der Waals surface area (Å²) in [6.07, 6.45) is 7.57. The fraction of sp³-hybridized carbons (Fsp3) is 0.500. The summed E-state index contributed by atoms with van der Waals surface area (Å²) in [5, 5.41) is 1.20. The van der Waals surface area contributed by atoms with Gasteiger partial charge in [-0.3, -0.25) is 4.90 Å². The number of hydrogen-bond donors (Lipinski definition) is 0. The average Bonchev–Trinajstić information content (AvgIpc) is 3.12. The molecule has 0 N–H and O–H groups in total. The van der Waals surface area contributed by atoms with E-state index >= 15 is 0 Å². The Hall–Kier alpha value is -1.37. The van der Waals surface area contributed by atoms with Crippen molar-refractivity contribution in [3.05, 3.63) is 47.7 Å². The number of para-hydroxylation sites is 1. The van der Waals surface area contributed by atoms with Gasteiger partial charge in [-0.25, -0.2) is 4.79 Å². The molecule has 0 saturated carbocycles. The average molecular weight is 417 g/mol. The first kappa shape index (κ1) is 19.9. The topological polar surface area (TPSA) is 34.5 Å². The number of hydrogen-bond acceptors (Lipinski definition) is 5. The van der Waals surface area contributed by atoms with E-state index in [4.69, 9.17) is 4.74 Å². The van der Waals surface area contributed by atoms with Gasteiger partial charge >= 0.3 is 5.97 Å². The third-order valence-electron chi connectivity index (χ3n) is 6.28. The van der Waals surface area contributed by atoms with Gasteiger partial charge in [0.1, 0.15) is 6.04 Å². The molecule has 2 aromatic rings. The van der Waals surface area contributed by atoms with Crippen molar-refractivity contribution in [1.82, 2.24) is 9.47 Å². The molecule has 0 amide bonds. The minimum Gasteiger partial charge on any atom is -0.467 e. The molecule has 0 aliphatic carbocycles. The normalized spacial score (nSPS) is 26.0. The smallest absolute Gasteiger partial charge is 0.329 e. The Labute approximate surface area is 175 Å². The van der Waals surface area contributed by atoms with Crippen LogP contribution in [0, 0.1) is 5.92 Å². The van der Waals surface area contributed by atoms with Crippen molar-refractivity contribution in [2.75, 3.05) is 32.7 Å². The fourth-order valence-electron chi connectivity index (χ4n) is 4.91. The maximum absolute atomic E-state index is 12.9. The molecule has 6 heteroatoms. The molecule has 2 aliphatic heterocycles. The summed E-state index contributed by atoms with van der Waals surface area (Å²) >= 11 is 3.84. The largest absolute Gasteiger partial charge is 0.467 e. The molecule has 2 bridgehead atoms. The minimum atomic E-state index is -0.276. The lowest BCUT2D eigenvalue weighted by molar-refractivity contribution is -0.147. The first-order valence-corrected chi connectivity index (χ1v) is 12.3. The summed E-state index contributed by atoms with van der Waals surface area (Å²) in [6.45, 7) is 4.08. The zero-order chi connectivity index (χ0) is 19.8. The number of methoxy groups -OCH3 is 1. The number of nitrogens with zero attached hydrogens (tertiary/aromatic N) is 2. The van der Waals surface area contributed by atoms with E-state index in [2.05, 4.69) is 65.3 Å². The quantitative estimate of drug-likeness (QED) is 0.400. The molecule has 1 saturated heterocycles. The number of likely N-dealkylation sites (tertiary alicyclic amines) is 1. The Morgan fingerprint density at radius 1 is 1.32 bits per heavy atom. The highest BCUT2D eigenvalue weighted by atomic mass is 32.2. The Kier molecular flexibility index (Phi) is 5.81. The Morgan fingerprint density at radius 3 is 2.75 bits per heavy atom. The number of benzene rings is 1. The molecule has 28 heavy (non-hydrogen) atoms. The number of ether oxygens (including phenoxy) is 1. The minimum absolute atomic E-state index is 0.134. The molecule has 1 aromatic heterocycles. The Morgan fingerprint density at radius 2 is 2.07 bits per heavy atom. The van der Waals surface area contributed by atoms with Crippen molar-refractivity contribution >= 4 is 40.4 Å². The number of rotatable bonds is 5. The second-order valence-corrected chi connectivity index (χ2v) is 9.90. The molecule has 1 fully saturated rings. The molecule has 0 radical (unpaired) electrons. The van der Waals surface area contributed by atoms with Crippen LogP contribution in [0.1, 0.15) is 31.1 Å². The van der Waals surface area contributed by atoms with Crippen molar-refractivity contribution in [3.63, 3.8) is 0 Å². The van der Waals surface area contributed by atoms with E-state index in [0.29, 0.717) is 10.6 Å². The monoisotopic (exact) mass is 416 g/mol. The molecule has 150 valence electrons. The SMILES string of the molecule is C/C=C1/CN(CC(SC)SC)[C@H]2C[C@@H]1[C@H](C(=O)OC)n1c2cc2ccccc21. The van der Waals surface area contributed by atoms with Crippen molar-refractivity contribution in [1.29, 1.82) is 0 Å². The predicted molar refractivity (Wildman–Crippen MR) is 120 cm³/mol. The third-order valence-corrected chi connectivity index (χ3v) is 8.79. The third kappa shape index (κ3) is 3.19. The highest BCUT2D eigenvalue weighted by Gasteiger charge is 2.47. The van der Waals surface area contributed by atoms with Crippen molar-refractivity contribution in [2.24, 2.45) is 5.92 Å². The van der Waals surface area contributed by atoms with Crippen LogP contribution in [0.15, 0.2) is 42.0 Å². The van der Waals surface area contributed by atoms with Gasteiger partial charge in [-0.05, 0) is 43.4 Å². The number of esters is 1. The summed E-state index contributed by atoms with van der Waals surface area (Å²) in [4.78, 5) is 15.5. The first-order chi connectivity index (χ1) is 13.6. The highest BCUT2D eigenvalue weighted by Crippen LogP contribution is 2.50. The van der Waals surface area contributed by atoms with Gasteiger partial charge < -0.3 is 9.30 Å². The van der Waals surface area contributed by atoms with Crippen LogP contribution >= 0.6 is 23.5 Å². The first-order valence-electron chi connectivity index (χ1n) is 9.75. The second kappa shape index (κ2) is 8.17. The van der Waals surface area contributed by atoms with Gasteiger partial charge in [0.25, 0.3) is 0 Å². The summed E-state index contributed by atoms with van der Waals surface area (Å²) in [5.74, 6) is 0.0639. The molecule has 4 rings (SSSR count). The number of carbonyl (C=O) groups is 1. The summed E-state index contributed by atoms with van der Waals surface area (Å²) in [5.41, 5.74) is 3.74. The van der Waals surface area contributed by atoms with Gasteiger partial charge in [0.05, 0.1) is 17.7 Å². The van der Waals surface area contributed by atoms with Gasteiger partial charge in [0.15, 0.2) is 0 Å². The Bertz CT molecular complexity index is 903. The number of thioether (sulfide) groups is 2. The maximum Gasteiger partial charge on any atom is 0.329 e. The number of aromatic nitrogens is 1. The lowest BCUT2D eigenvalue weighted by Crippen LogP contribution is -2.49. The summed E-state index contributed by atoms with van der Waals surface area (Å²) < 4.78 is 8.08. The molecule has 0 unspecified atom stereocenters. The predicted octanol–water partition coefficient (Wildman–Crippen LogP) is 4.73. The van der Waals surface area contributed by atoms with E-state index in [1.54, 1.807) is 0 Å². The highest BCUT2D eigenvalue weighted by molar-refractivity contribution is 8.16. The van der Waals surface area contributed by atoms with Crippen LogP contribution in [-0.2, 0) is 9.53 Å². The zero-order valence-corrected chi connectivity index (χ0v) is 18.6. The second-order valence-electron chi connectivity index (χ2n) is 7.52. The molecule has 4 nitrogen and oxygen atoms in total. The van der Waals surface area contributed by atoms with E-state index in [0.717, 1.165) is 25.0 Å². The van der Waals surface area contributed by atoms with Crippen LogP contribution in [0.3, 0.4) is 0 Å². The summed E-state index contributed by atoms with van der Waals surface area (Å²) in [6, 6.07) is 10.7. The molecular formula is C22H28N2O2S2. The van der Waals surface area contributed by atoms with Gasteiger partial charge in [0, 0.05) is 30.2 Å². The van der Waals surface area contributed by atoms with Crippen LogP contribution < -0.4 is 0 Å². The fourth-order valence-corrected chi connectivity index (χ4v) is 6.36. The number of carbonyl (C=O) groups excluding carboxylic acids is 1. The van der Waals surface area contributed by atoms with E-state index in [1.807, 2.05) is 23.5 Å². The number of piperidine rings is 1. The van der Waals surface area contributed by atoms with Gasteiger partial charge in [-0.15, -0.1) is 23.5 Å². The van der Waals surface area contributed by atoms with Crippen molar-refractivity contribution in [3.8, 4) is 0 Å². The van der Waals surface area contributed by atoms with Crippen LogP contribution in [-0.4, -0.2) is 52.7 Å². The van der Waals surface area contributed by atoms with E-state index < -0.39 is 0 Å². The van der Waals surface area contributed by atoms with Gasteiger partial charge in [0.2, 0.25) is 0 Å². The van der Waals surface area contributed by atoms with Crippen LogP contribution in [0.4, 0.5) is 0 Å². The van der Waals surface area contributed by atoms with E-state index in [9.17, 15) is 4.79 Å². The standard InChI is InChI=1S/C22H28N2O2S2/c1-5-14-12-23(13-20(27-3)28-4)18-11-16(14)21(22(25)26-2)24-17-9-7-6-8-15(17)10-19(18)24/h5-10,16,18,20-21H,11-13H2,1-4H3/b14-5-/t16-,18-,21+/m0/s1. The van der Waals surface area contributed by atoms with Gasteiger partial charge in [-0.1, -0.05) is 29.8 Å². The number of fused-ring (bicyclic) bond motifs is 6. The molecular weight excluding hydrogens is 388 g/mol. The molecule has 3 atom stereocenters. The van der Waals surface area contributed by atoms with Crippen LogP contribution in [0.5, 0.6) is 0 Å². The lowest BCUT2D eigenvalue weighted by atomic mass is 9.77. The van der Waals surface area contributed by atoms with Gasteiger partial charge in [-0.2, -0.15) is 0 Å². The van der Waals surface area contributed by atoms with Crippen molar-refractivity contribution < 1.29 is 9.53 Å². The molecule has 3 heterocycles. The van der Waals surface area contributed by atoms with Crippen LogP contribution in [0.25, 0.3) is 10.9 Å². The van der Waals surface area contributed by atoms with E-state index in [-0.39, 0.29) is 17.9 Å². The van der Waals surface area contributed by atoms with Crippen LogP contribution in [0.2, 0.25) is 0 Å². The Balaban J connectivity index is 1.87. The van der Waals surface area contributed by atoms with E-state index in [1.165, 1.54) is 23.8 Å². The molecule has 2 aliphatic rings. The zero-order valence-electron chi connectivity index (χ0n) is 16.9. The molecule has 0 spiro atoms. The lowest BCUT2D eigenvalue weighted by Gasteiger charge is -2.48. The summed E-state index contributed by atoms with van der Waals surface area (Å²) in [7, 11) is 1.51.